The van der Waals surface area contributed by atoms with Crippen molar-refractivity contribution < 1.29 is 9.50 Å². The van der Waals surface area contributed by atoms with Crippen molar-refractivity contribution in [1.29, 1.82) is 0 Å². The summed E-state index contributed by atoms with van der Waals surface area (Å²) >= 11 is 0. The van der Waals surface area contributed by atoms with Crippen LogP contribution in [0.4, 0.5) is 10.1 Å². The Labute approximate surface area is 109 Å². The monoisotopic (exact) mass is 251 g/mol. The van der Waals surface area contributed by atoms with Crippen LogP contribution in [-0.2, 0) is 5.60 Å². The van der Waals surface area contributed by atoms with Crippen LogP contribution in [0.3, 0.4) is 0 Å². The van der Waals surface area contributed by atoms with Crippen LogP contribution < -0.4 is 0 Å². The Balaban J connectivity index is 3.21. The van der Waals surface area contributed by atoms with E-state index in [4.69, 9.17) is 0 Å². The second-order valence-corrected chi connectivity index (χ2v) is 5.28. The first kappa shape index (κ1) is 14.8. The maximum Gasteiger partial charge on any atom is 0.149 e. The number of halogens is 1. The van der Waals surface area contributed by atoms with Crippen molar-refractivity contribution in [1.82, 2.24) is 0 Å². The molecule has 0 aliphatic rings. The van der Waals surface area contributed by atoms with Gasteiger partial charge in [-0.15, -0.1) is 0 Å². The summed E-state index contributed by atoms with van der Waals surface area (Å²) in [6, 6.07) is 3.16. The van der Waals surface area contributed by atoms with E-state index >= 15 is 0 Å². The Kier molecular flexibility index (Phi) is 4.63. The molecule has 0 saturated heterocycles. The molecule has 0 saturated carbocycles. The molecular formula is C15H22FNO. The molecule has 1 aromatic rings. The molecule has 0 aliphatic carbocycles. The van der Waals surface area contributed by atoms with Crippen molar-refractivity contribution in [2.75, 3.05) is 0 Å². The third-order valence-electron chi connectivity index (χ3n) is 2.87. The molecule has 3 heteroatoms. The van der Waals surface area contributed by atoms with Gasteiger partial charge in [0.05, 0.1) is 5.60 Å². The van der Waals surface area contributed by atoms with Crippen molar-refractivity contribution in [3.05, 3.63) is 29.1 Å². The van der Waals surface area contributed by atoms with Crippen LogP contribution in [0, 0.1) is 12.7 Å². The van der Waals surface area contributed by atoms with Gasteiger partial charge in [-0.05, 0) is 51.3 Å². The van der Waals surface area contributed by atoms with Gasteiger partial charge in [0.25, 0.3) is 0 Å². The van der Waals surface area contributed by atoms with E-state index in [0.717, 1.165) is 24.1 Å². The molecule has 1 rings (SSSR count). The lowest BCUT2D eigenvalue weighted by molar-refractivity contribution is 0.0782. The number of hydrogen-bond donors (Lipinski definition) is 1. The van der Waals surface area contributed by atoms with E-state index in [2.05, 4.69) is 11.9 Å². The molecule has 1 N–H and O–H groups in total. The first-order valence-corrected chi connectivity index (χ1v) is 6.33. The van der Waals surface area contributed by atoms with E-state index in [1.54, 1.807) is 19.9 Å². The number of benzene rings is 1. The second-order valence-electron chi connectivity index (χ2n) is 5.28. The van der Waals surface area contributed by atoms with Gasteiger partial charge in [0, 0.05) is 5.71 Å². The molecule has 0 unspecified atom stereocenters. The zero-order chi connectivity index (χ0) is 13.9. The largest absolute Gasteiger partial charge is 0.386 e. The van der Waals surface area contributed by atoms with E-state index in [1.807, 2.05) is 13.8 Å². The molecule has 0 amide bonds. The SMILES string of the molecule is CCCC(C)=Nc1c(C)cc(C(C)(C)O)cc1F. The highest BCUT2D eigenvalue weighted by molar-refractivity contribution is 5.85. The molecule has 18 heavy (non-hydrogen) atoms. The second kappa shape index (κ2) is 5.61. The predicted octanol–water partition coefficient (Wildman–Crippen LogP) is 4.25. The summed E-state index contributed by atoms with van der Waals surface area (Å²) in [5.74, 6) is -0.373. The Hall–Kier alpha value is -1.22. The zero-order valence-corrected chi connectivity index (χ0v) is 11.8. The molecule has 0 radical (unpaired) electrons. The first-order valence-electron chi connectivity index (χ1n) is 6.33. The van der Waals surface area contributed by atoms with Gasteiger partial charge in [-0.2, -0.15) is 0 Å². The average molecular weight is 251 g/mol. The maximum atomic E-state index is 14.0. The molecule has 100 valence electrons. The number of hydrogen-bond acceptors (Lipinski definition) is 2. The summed E-state index contributed by atoms with van der Waals surface area (Å²) in [6.07, 6.45) is 1.86. The highest BCUT2D eigenvalue weighted by Crippen LogP contribution is 2.29. The first-order chi connectivity index (χ1) is 8.25. The van der Waals surface area contributed by atoms with E-state index in [1.165, 1.54) is 6.07 Å². The van der Waals surface area contributed by atoms with Gasteiger partial charge in [0.2, 0.25) is 0 Å². The van der Waals surface area contributed by atoms with Gasteiger partial charge in [0.15, 0.2) is 0 Å². The van der Waals surface area contributed by atoms with Crippen molar-refractivity contribution in [3.63, 3.8) is 0 Å². The number of aliphatic imine (C=N–C) groups is 1. The Morgan fingerprint density at radius 1 is 1.39 bits per heavy atom. The van der Waals surface area contributed by atoms with Crippen LogP contribution in [0.1, 0.15) is 51.7 Å². The third kappa shape index (κ3) is 3.64. The number of aliphatic hydroxyl groups is 1. The minimum Gasteiger partial charge on any atom is -0.386 e. The van der Waals surface area contributed by atoms with Crippen molar-refractivity contribution in [2.45, 2.75) is 53.1 Å². The van der Waals surface area contributed by atoms with Crippen LogP contribution in [0.25, 0.3) is 0 Å². The van der Waals surface area contributed by atoms with Gasteiger partial charge >= 0.3 is 0 Å². The summed E-state index contributed by atoms with van der Waals surface area (Å²) in [7, 11) is 0. The summed E-state index contributed by atoms with van der Waals surface area (Å²) in [5, 5.41) is 9.89. The fraction of sp³-hybridized carbons (Fsp3) is 0.533. The van der Waals surface area contributed by atoms with Gasteiger partial charge in [-0.25, -0.2) is 4.39 Å². The Morgan fingerprint density at radius 2 is 2.00 bits per heavy atom. The van der Waals surface area contributed by atoms with E-state index in [9.17, 15) is 9.50 Å². The highest BCUT2D eigenvalue weighted by Gasteiger charge is 2.19. The quantitative estimate of drug-likeness (QED) is 0.797. The molecule has 0 spiro atoms. The van der Waals surface area contributed by atoms with E-state index in [0.29, 0.717) is 11.3 Å². The molecule has 2 nitrogen and oxygen atoms in total. The van der Waals surface area contributed by atoms with Gasteiger partial charge in [-0.1, -0.05) is 19.4 Å². The maximum absolute atomic E-state index is 14.0. The summed E-state index contributed by atoms with van der Waals surface area (Å²) in [6.45, 7) is 9.08. The van der Waals surface area contributed by atoms with Gasteiger partial charge in [0.1, 0.15) is 11.5 Å². The summed E-state index contributed by atoms with van der Waals surface area (Å²) in [5.41, 5.74) is 1.60. The standard InChI is InChI=1S/C15H22FNO/c1-6-7-11(3)17-14-10(2)8-12(9-13(14)16)15(4,5)18/h8-9,18H,6-7H2,1-5H3. The minimum atomic E-state index is -1.04. The zero-order valence-electron chi connectivity index (χ0n) is 11.8. The third-order valence-corrected chi connectivity index (χ3v) is 2.87. The Morgan fingerprint density at radius 3 is 2.44 bits per heavy atom. The van der Waals surface area contributed by atoms with Crippen molar-refractivity contribution in [3.8, 4) is 0 Å². The lowest BCUT2D eigenvalue weighted by Crippen LogP contribution is -2.16. The highest BCUT2D eigenvalue weighted by atomic mass is 19.1. The van der Waals surface area contributed by atoms with E-state index < -0.39 is 5.60 Å². The summed E-state index contributed by atoms with van der Waals surface area (Å²) in [4.78, 5) is 4.33. The lowest BCUT2D eigenvalue weighted by atomic mass is 9.96. The smallest absolute Gasteiger partial charge is 0.149 e. The topological polar surface area (TPSA) is 32.6 Å². The molecule has 0 heterocycles. The number of aryl methyl sites for hydroxylation is 1. The predicted molar refractivity (Wildman–Crippen MR) is 74.1 cm³/mol. The summed E-state index contributed by atoms with van der Waals surface area (Å²) < 4.78 is 14.0. The number of nitrogens with zero attached hydrogens (tertiary/aromatic N) is 1. The van der Waals surface area contributed by atoms with Crippen LogP contribution in [0.2, 0.25) is 0 Å². The van der Waals surface area contributed by atoms with Crippen LogP contribution in [-0.4, -0.2) is 10.8 Å². The molecule has 1 aromatic carbocycles. The van der Waals surface area contributed by atoms with Crippen molar-refractivity contribution >= 4 is 11.4 Å². The molecule has 0 fully saturated rings. The van der Waals surface area contributed by atoms with Gasteiger partial charge in [-0.3, -0.25) is 4.99 Å². The molecular weight excluding hydrogens is 229 g/mol. The lowest BCUT2D eigenvalue weighted by Gasteiger charge is -2.19. The number of rotatable bonds is 4. The van der Waals surface area contributed by atoms with Gasteiger partial charge < -0.3 is 5.11 Å². The average Bonchev–Trinajstić information content (AvgIpc) is 2.22. The molecule has 0 atom stereocenters. The molecule has 0 aromatic heterocycles. The minimum absolute atomic E-state index is 0.373. The van der Waals surface area contributed by atoms with Crippen LogP contribution in [0.15, 0.2) is 17.1 Å². The van der Waals surface area contributed by atoms with Crippen molar-refractivity contribution in [2.24, 2.45) is 4.99 Å². The molecule has 0 bridgehead atoms. The fourth-order valence-electron chi connectivity index (χ4n) is 1.84. The molecule has 0 aliphatic heterocycles. The fourth-order valence-corrected chi connectivity index (χ4v) is 1.84. The van der Waals surface area contributed by atoms with Crippen LogP contribution >= 0.6 is 0 Å². The normalized spacial score (nSPS) is 12.9. The Bertz CT molecular complexity index is 435. The van der Waals surface area contributed by atoms with E-state index in [-0.39, 0.29) is 5.82 Å². The van der Waals surface area contributed by atoms with Crippen LogP contribution in [0.5, 0.6) is 0 Å².